The number of nitrogens with one attached hydrogen (secondary N) is 1. The molecule has 0 radical (unpaired) electrons. The van der Waals surface area contributed by atoms with Crippen molar-refractivity contribution in [1.82, 2.24) is 15.1 Å². The molecule has 5 heteroatoms. The Bertz CT molecular complexity index is 616. The van der Waals surface area contributed by atoms with Crippen LogP contribution in [-0.4, -0.2) is 15.7 Å². The first-order chi connectivity index (χ1) is 10.0. The minimum Gasteiger partial charge on any atom is -0.350 e. The summed E-state index contributed by atoms with van der Waals surface area (Å²) in [5.41, 5.74) is 10.00. The van der Waals surface area contributed by atoms with Crippen molar-refractivity contribution < 1.29 is 4.79 Å². The van der Waals surface area contributed by atoms with Gasteiger partial charge in [0.05, 0.1) is 5.69 Å². The summed E-state index contributed by atoms with van der Waals surface area (Å²) < 4.78 is 1.76. The van der Waals surface area contributed by atoms with E-state index in [0.717, 1.165) is 28.8 Å². The average Bonchev–Trinajstić information content (AvgIpc) is 2.85. The lowest BCUT2D eigenvalue weighted by Gasteiger charge is -2.12. The lowest BCUT2D eigenvalue weighted by molar-refractivity contribution is -0.122. The molecule has 0 aliphatic heterocycles. The predicted octanol–water partition coefficient (Wildman–Crippen LogP) is 1.61. The molecule has 0 aliphatic carbocycles. The summed E-state index contributed by atoms with van der Waals surface area (Å²) in [6.45, 7) is 4.51. The standard InChI is InChI=1S/C16H22N4O/c1-4-14-13(10-20(3)19-14)9-18-16(21)15(17)12-7-5-11(2)6-8-12/h5-8,10,15H,4,9,17H2,1-3H3,(H,18,21). The van der Waals surface area contributed by atoms with Gasteiger partial charge in [-0.25, -0.2) is 0 Å². The minimum atomic E-state index is -0.646. The molecule has 2 rings (SSSR count). The number of carbonyl (C=O) groups excluding carboxylic acids is 1. The molecule has 2 aromatic rings. The second-order valence-corrected chi connectivity index (χ2v) is 5.23. The Morgan fingerprint density at radius 1 is 1.38 bits per heavy atom. The number of nitrogens with two attached hydrogens (primary N) is 1. The van der Waals surface area contributed by atoms with E-state index in [1.807, 2.05) is 51.4 Å². The van der Waals surface area contributed by atoms with Crippen molar-refractivity contribution >= 4 is 5.91 Å². The monoisotopic (exact) mass is 286 g/mol. The van der Waals surface area contributed by atoms with Crippen LogP contribution in [0.3, 0.4) is 0 Å². The molecule has 0 aliphatic rings. The van der Waals surface area contributed by atoms with Gasteiger partial charge in [0.15, 0.2) is 0 Å². The van der Waals surface area contributed by atoms with Gasteiger partial charge in [0.2, 0.25) is 5.91 Å². The third-order valence-corrected chi connectivity index (χ3v) is 3.50. The Kier molecular flexibility index (Phi) is 4.75. The Morgan fingerprint density at radius 3 is 2.67 bits per heavy atom. The van der Waals surface area contributed by atoms with E-state index in [9.17, 15) is 4.79 Å². The maximum absolute atomic E-state index is 12.1. The smallest absolute Gasteiger partial charge is 0.241 e. The van der Waals surface area contributed by atoms with Crippen LogP contribution in [0.5, 0.6) is 0 Å². The topological polar surface area (TPSA) is 72.9 Å². The van der Waals surface area contributed by atoms with Gasteiger partial charge in [-0.3, -0.25) is 9.48 Å². The van der Waals surface area contributed by atoms with Crippen molar-refractivity contribution in [3.05, 3.63) is 52.8 Å². The van der Waals surface area contributed by atoms with Crippen LogP contribution in [0.2, 0.25) is 0 Å². The van der Waals surface area contributed by atoms with Crippen molar-refractivity contribution in [3.8, 4) is 0 Å². The number of benzene rings is 1. The van der Waals surface area contributed by atoms with Crippen LogP contribution in [0.15, 0.2) is 30.5 Å². The third kappa shape index (κ3) is 3.70. The van der Waals surface area contributed by atoms with Crippen LogP contribution in [0.25, 0.3) is 0 Å². The first-order valence-corrected chi connectivity index (χ1v) is 7.12. The zero-order valence-corrected chi connectivity index (χ0v) is 12.8. The summed E-state index contributed by atoms with van der Waals surface area (Å²) in [5, 5.41) is 7.24. The highest BCUT2D eigenvalue weighted by Crippen LogP contribution is 2.12. The van der Waals surface area contributed by atoms with Gasteiger partial charge in [-0.2, -0.15) is 5.10 Å². The van der Waals surface area contributed by atoms with Gasteiger partial charge < -0.3 is 11.1 Å². The van der Waals surface area contributed by atoms with Crippen molar-refractivity contribution in [2.75, 3.05) is 0 Å². The molecule has 0 saturated heterocycles. The van der Waals surface area contributed by atoms with E-state index in [2.05, 4.69) is 10.4 Å². The number of aromatic nitrogens is 2. The lowest BCUT2D eigenvalue weighted by atomic mass is 10.1. The first kappa shape index (κ1) is 15.3. The van der Waals surface area contributed by atoms with E-state index in [1.54, 1.807) is 4.68 Å². The Balaban J connectivity index is 1.99. The van der Waals surface area contributed by atoms with Gasteiger partial charge in [0, 0.05) is 25.4 Å². The number of nitrogens with zero attached hydrogens (tertiary/aromatic N) is 2. The Morgan fingerprint density at radius 2 is 2.05 bits per heavy atom. The van der Waals surface area contributed by atoms with E-state index in [4.69, 9.17) is 5.73 Å². The van der Waals surface area contributed by atoms with E-state index in [0.29, 0.717) is 6.54 Å². The molecule has 1 aromatic carbocycles. The van der Waals surface area contributed by atoms with Crippen molar-refractivity contribution in [2.45, 2.75) is 32.9 Å². The van der Waals surface area contributed by atoms with Crippen LogP contribution >= 0.6 is 0 Å². The fraction of sp³-hybridized carbons (Fsp3) is 0.375. The van der Waals surface area contributed by atoms with Crippen molar-refractivity contribution in [3.63, 3.8) is 0 Å². The number of amides is 1. The summed E-state index contributed by atoms with van der Waals surface area (Å²) in [7, 11) is 1.88. The summed E-state index contributed by atoms with van der Waals surface area (Å²) >= 11 is 0. The highest BCUT2D eigenvalue weighted by molar-refractivity contribution is 5.82. The number of rotatable bonds is 5. The Hall–Kier alpha value is -2.14. The molecule has 0 bridgehead atoms. The lowest BCUT2D eigenvalue weighted by Crippen LogP contribution is -2.33. The predicted molar refractivity (Wildman–Crippen MR) is 82.5 cm³/mol. The molecule has 0 spiro atoms. The second-order valence-electron chi connectivity index (χ2n) is 5.23. The fourth-order valence-corrected chi connectivity index (χ4v) is 2.25. The number of aryl methyl sites for hydroxylation is 3. The number of carbonyl (C=O) groups is 1. The summed E-state index contributed by atoms with van der Waals surface area (Å²) in [5.74, 6) is -0.176. The SMILES string of the molecule is CCc1nn(C)cc1CNC(=O)C(N)c1ccc(C)cc1. The van der Waals surface area contributed by atoms with Gasteiger partial charge >= 0.3 is 0 Å². The molecule has 21 heavy (non-hydrogen) atoms. The zero-order valence-electron chi connectivity index (χ0n) is 12.8. The van der Waals surface area contributed by atoms with Gasteiger partial charge in [0.1, 0.15) is 6.04 Å². The molecule has 5 nitrogen and oxygen atoms in total. The largest absolute Gasteiger partial charge is 0.350 e. The molecule has 1 aromatic heterocycles. The van der Waals surface area contributed by atoms with Gasteiger partial charge in [-0.15, -0.1) is 0 Å². The number of hydrogen-bond donors (Lipinski definition) is 2. The van der Waals surface area contributed by atoms with Gasteiger partial charge in [-0.05, 0) is 18.9 Å². The summed E-state index contributed by atoms with van der Waals surface area (Å²) in [6, 6.07) is 7.05. The van der Waals surface area contributed by atoms with Gasteiger partial charge in [-0.1, -0.05) is 36.8 Å². The molecule has 1 heterocycles. The van der Waals surface area contributed by atoms with Crippen LogP contribution in [0.1, 0.15) is 35.3 Å². The average molecular weight is 286 g/mol. The highest BCUT2D eigenvalue weighted by Gasteiger charge is 2.16. The molecule has 0 saturated carbocycles. The third-order valence-electron chi connectivity index (χ3n) is 3.50. The molecule has 1 amide bonds. The molecule has 1 unspecified atom stereocenters. The summed E-state index contributed by atoms with van der Waals surface area (Å²) in [4.78, 5) is 12.1. The second kappa shape index (κ2) is 6.54. The van der Waals surface area contributed by atoms with Crippen LogP contribution in [0.4, 0.5) is 0 Å². The highest BCUT2D eigenvalue weighted by atomic mass is 16.2. The maximum atomic E-state index is 12.1. The number of hydrogen-bond acceptors (Lipinski definition) is 3. The van der Waals surface area contributed by atoms with Crippen LogP contribution in [-0.2, 0) is 24.8 Å². The van der Waals surface area contributed by atoms with E-state index in [-0.39, 0.29) is 5.91 Å². The molecular weight excluding hydrogens is 264 g/mol. The maximum Gasteiger partial charge on any atom is 0.241 e. The van der Waals surface area contributed by atoms with Crippen molar-refractivity contribution in [1.29, 1.82) is 0 Å². The fourth-order valence-electron chi connectivity index (χ4n) is 2.25. The van der Waals surface area contributed by atoms with E-state index in [1.165, 1.54) is 0 Å². The minimum absolute atomic E-state index is 0.176. The molecule has 112 valence electrons. The van der Waals surface area contributed by atoms with Gasteiger partial charge in [0.25, 0.3) is 0 Å². The molecular formula is C16H22N4O. The quantitative estimate of drug-likeness (QED) is 0.877. The van der Waals surface area contributed by atoms with E-state index >= 15 is 0 Å². The zero-order chi connectivity index (χ0) is 15.4. The molecule has 3 N–H and O–H groups in total. The summed E-state index contributed by atoms with van der Waals surface area (Å²) in [6.07, 6.45) is 2.77. The van der Waals surface area contributed by atoms with Crippen LogP contribution < -0.4 is 11.1 Å². The van der Waals surface area contributed by atoms with E-state index < -0.39 is 6.04 Å². The van der Waals surface area contributed by atoms with Crippen LogP contribution in [0, 0.1) is 6.92 Å². The van der Waals surface area contributed by atoms with Crippen molar-refractivity contribution in [2.24, 2.45) is 12.8 Å². The first-order valence-electron chi connectivity index (χ1n) is 7.12. The Labute approximate surface area is 125 Å². The molecule has 0 fully saturated rings. The molecule has 1 atom stereocenters. The normalized spacial score (nSPS) is 12.2.